The van der Waals surface area contributed by atoms with Gasteiger partial charge in [0.2, 0.25) is 0 Å². The fourth-order valence-corrected chi connectivity index (χ4v) is 1.63. The molecular formula is C15H14FN3. The van der Waals surface area contributed by atoms with E-state index in [-0.39, 0.29) is 5.69 Å². The molecule has 0 unspecified atom stereocenters. The van der Waals surface area contributed by atoms with Gasteiger partial charge in [0, 0.05) is 11.8 Å². The van der Waals surface area contributed by atoms with Crippen LogP contribution in [0.25, 0.3) is 0 Å². The van der Waals surface area contributed by atoms with Crippen molar-refractivity contribution in [2.75, 3.05) is 11.5 Å². The molecule has 0 amide bonds. The number of rotatable bonds is 0. The quantitative estimate of drug-likeness (QED) is 0.561. The lowest BCUT2D eigenvalue weighted by Gasteiger charge is -2.02. The number of anilines is 2. The van der Waals surface area contributed by atoms with Crippen molar-refractivity contribution in [2.24, 2.45) is 0 Å². The van der Waals surface area contributed by atoms with E-state index in [1.165, 1.54) is 6.07 Å². The minimum absolute atomic E-state index is 0.0986. The molecule has 0 bridgehead atoms. The van der Waals surface area contributed by atoms with Crippen molar-refractivity contribution in [3.8, 4) is 11.8 Å². The summed E-state index contributed by atoms with van der Waals surface area (Å²) >= 11 is 0. The zero-order valence-electron chi connectivity index (χ0n) is 10.8. The number of nitrogens with zero attached hydrogens (tertiary/aromatic N) is 1. The summed E-state index contributed by atoms with van der Waals surface area (Å²) < 4.78 is 13.8. The smallest absolute Gasteiger partial charge is 0.161 e. The zero-order valence-corrected chi connectivity index (χ0v) is 10.8. The van der Waals surface area contributed by atoms with E-state index >= 15 is 0 Å². The molecule has 1 aromatic carbocycles. The fraction of sp³-hybridized carbons (Fsp3) is 0.133. The second kappa shape index (κ2) is 4.99. The van der Waals surface area contributed by atoms with Crippen molar-refractivity contribution in [3.05, 3.63) is 52.5 Å². The number of pyridine rings is 1. The number of hydrogen-bond acceptors (Lipinski definition) is 3. The van der Waals surface area contributed by atoms with Crippen molar-refractivity contribution in [1.82, 2.24) is 4.98 Å². The van der Waals surface area contributed by atoms with Crippen molar-refractivity contribution in [3.63, 3.8) is 0 Å². The molecule has 4 N–H and O–H groups in total. The van der Waals surface area contributed by atoms with Crippen molar-refractivity contribution < 1.29 is 4.39 Å². The van der Waals surface area contributed by atoms with Gasteiger partial charge in [-0.25, -0.2) is 9.37 Å². The summed E-state index contributed by atoms with van der Waals surface area (Å²) in [5, 5.41) is 0. The average Bonchev–Trinajstić information content (AvgIpc) is 2.38. The van der Waals surface area contributed by atoms with Crippen LogP contribution < -0.4 is 11.5 Å². The van der Waals surface area contributed by atoms with Crippen LogP contribution in [0, 0.1) is 31.5 Å². The van der Waals surface area contributed by atoms with Crippen LogP contribution in [0.4, 0.5) is 15.9 Å². The molecule has 0 aliphatic rings. The van der Waals surface area contributed by atoms with Crippen LogP contribution in [0.2, 0.25) is 0 Å². The number of nitrogens with two attached hydrogens (primary N) is 2. The average molecular weight is 255 g/mol. The monoisotopic (exact) mass is 255 g/mol. The molecule has 0 radical (unpaired) electrons. The number of aromatic nitrogens is 1. The molecule has 2 aromatic rings. The lowest BCUT2D eigenvalue weighted by molar-refractivity contribution is 0.628. The Morgan fingerprint density at radius 1 is 1.11 bits per heavy atom. The Morgan fingerprint density at radius 3 is 2.53 bits per heavy atom. The Hall–Kier alpha value is -2.54. The molecule has 0 saturated carbocycles. The van der Waals surface area contributed by atoms with Gasteiger partial charge in [-0.3, -0.25) is 0 Å². The highest BCUT2D eigenvalue weighted by molar-refractivity contribution is 5.55. The van der Waals surface area contributed by atoms with Gasteiger partial charge in [0.15, 0.2) is 5.82 Å². The van der Waals surface area contributed by atoms with E-state index in [1.54, 1.807) is 19.2 Å². The van der Waals surface area contributed by atoms with Gasteiger partial charge in [0.05, 0.1) is 11.3 Å². The van der Waals surface area contributed by atoms with Crippen molar-refractivity contribution >= 4 is 11.5 Å². The molecule has 0 saturated heterocycles. The van der Waals surface area contributed by atoms with Gasteiger partial charge in [-0.15, -0.1) is 0 Å². The van der Waals surface area contributed by atoms with E-state index in [2.05, 4.69) is 16.8 Å². The Morgan fingerprint density at radius 2 is 1.84 bits per heavy atom. The first-order valence-electron chi connectivity index (χ1n) is 5.77. The van der Waals surface area contributed by atoms with Gasteiger partial charge < -0.3 is 11.5 Å². The van der Waals surface area contributed by atoms with Crippen LogP contribution in [0.3, 0.4) is 0 Å². The van der Waals surface area contributed by atoms with E-state index in [0.29, 0.717) is 16.9 Å². The summed E-state index contributed by atoms with van der Waals surface area (Å²) in [5.41, 5.74) is 13.9. The van der Waals surface area contributed by atoms with E-state index in [1.807, 2.05) is 13.0 Å². The third-order valence-corrected chi connectivity index (χ3v) is 2.83. The van der Waals surface area contributed by atoms with Gasteiger partial charge in [0.25, 0.3) is 0 Å². The predicted octanol–water partition coefficient (Wildman–Crippen LogP) is 2.40. The van der Waals surface area contributed by atoms with E-state index in [0.717, 1.165) is 11.1 Å². The molecule has 19 heavy (non-hydrogen) atoms. The van der Waals surface area contributed by atoms with Gasteiger partial charge in [-0.2, -0.15) is 0 Å². The maximum Gasteiger partial charge on any atom is 0.161 e. The van der Waals surface area contributed by atoms with Crippen molar-refractivity contribution in [2.45, 2.75) is 13.8 Å². The first-order chi connectivity index (χ1) is 8.99. The van der Waals surface area contributed by atoms with Crippen LogP contribution in [0.1, 0.15) is 22.3 Å². The maximum absolute atomic E-state index is 13.8. The number of hydrogen-bond donors (Lipinski definition) is 2. The Balaban J connectivity index is 2.45. The zero-order chi connectivity index (χ0) is 14.0. The summed E-state index contributed by atoms with van der Waals surface area (Å²) in [6.07, 6.45) is 1.56. The first-order valence-corrected chi connectivity index (χ1v) is 5.77. The highest BCUT2D eigenvalue weighted by Crippen LogP contribution is 2.18. The standard InChI is InChI=1S/C15H14FN3/c1-9-3-6-13(17)14(16)12(9)5-4-11-7-10(2)15(18)19-8-11/h3,6-8H,17H2,1-2H3,(H2,18,19). The molecule has 0 aliphatic carbocycles. The summed E-state index contributed by atoms with van der Waals surface area (Å²) in [4.78, 5) is 4.01. The Kier molecular flexibility index (Phi) is 3.39. The SMILES string of the molecule is Cc1cc(C#Cc2c(C)ccc(N)c2F)cnc1N. The molecule has 1 aromatic heterocycles. The number of aryl methyl sites for hydroxylation is 2. The summed E-state index contributed by atoms with van der Waals surface area (Å²) in [6.45, 7) is 3.64. The van der Waals surface area contributed by atoms with E-state index in [9.17, 15) is 4.39 Å². The molecule has 0 spiro atoms. The molecule has 0 aliphatic heterocycles. The Labute approximate surface area is 111 Å². The van der Waals surface area contributed by atoms with Crippen LogP contribution in [-0.4, -0.2) is 4.98 Å². The van der Waals surface area contributed by atoms with Crippen LogP contribution in [0.5, 0.6) is 0 Å². The summed E-state index contributed by atoms with van der Waals surface area (Å²) in [5.74, 6) is 5.66. The van der Waals surface area contributed by atoms with Gasteiger partial charge in [0.1, 0.15) is 5.82 Å². The molecule has 4 heteroatoms. The molecule has 96 valence electrons. The molecule has 1 heterocycles. The van der Waals surface area contributed by atoms with Crippen LogP contribution in [-0.2, 0) is 0 Å². The number of halogens is 1. The largest absolute Gasteiger partial charge is 0.396 e. The first kappa shape index (κ1) is 12.9. The summed E-state index contributed by atoms with van der Waals surface area (Å²) in [7, 11) is 0. The molecule has 2 rings (SSSR count). The van der Waals surface area contributed by atoms with Gasteiger partial charge in [-0.05, 0) is 37.1 Å². The van der Waals surface area contributed by atoms with E-state index < -0.39 is 5.82 Å². The normalized spacial score (nSPS) is 9.84. The maximum atomic E-state index is 13.8. The second-order valence-corrected chi connectivity index (χ2v) is 4.34. The third-order valence-electron chi connectivity index (χ3n) is 2.83. The summed E-state index contributed by atoms with van der Waals surface area (Å²) in [6, 6.07) is 5.09. The topological polar surface area (TPSA) is 64.9 Å². The molecular weight excluding hydrogens is 241 g/mol. The predicted molar refractivity (Wildman–Crippen MR) is 74.9 cm³/mol. The van der Waals surface area contributed by atoms with Gasteiger partial charge >= 0.3 is 0 Å². The molecule has 0 fully saturated rings. The third kappa shape index (κ3) is 2.66. The number of benzene rings is 1. The highest BCUT2D eigenvalue weighted by Gasteiger charge is 2.06. The molecule has 0 atom stereocenters. The minimum Gasteiger partial charge on any atom is -0.396 e. The highest BCUT2D eigenvalue weighted by atomic mass is 19.1. The van der Waals surface area contributed by atoms with E-state index in [4.69, 9.17) is 11.5 Å². The number of nitrogen functional groups attached to an aromatic ring is 2. The Bertz CT molecular complexity index is 697. The minimum atomic E-state index is -0.479. The fourth-order valence-electron chi connectivity index (χ4n) is 1.63. The lowest BCUT2D eigenvalue weighted by Crippen LogP contribution is -1.96. The van der Waals surface area contributed by atoms with Gasteiger partial charge in [-0.1, -0.05) is 17.9 Å². The van der Waals surface area contributed by atoms with Crippen LogP contribution in [0.15, 0.2) is 24.4 Å². The molecule has 3 nitrogen and oxygen atoms in total. The van der Waals surface area contributed by atoms with Crippen LogP contribution >= 0.6 is 0 Å². The second-order valence-electron chi connectivity index (χ2n) is 4.34. The van der Waals surface area contributed by atoms with Crippen molar-refractivity contribution in [1.29, 1.82) is 0 Å². The lowest BCUT2D eigenvalue weighted by atomic mass is 10.1.